The van der Waals surface area contributed by atoms with Gasteiger partial charge < -0.3 is 16.0 Å². The van der Waals surface area contributed by atoms with E-state index in [2.05, 4.69) is 15.5 Å². The van der Waals surface area contributed by atoms with Gasteiger partial charge in [-0.2, -0.15) is 5.10 Å². The average molecular weight is 253 g/mol. The van der Waals surface area contributed by atoms with Crippen LogP contribution in [0.25, 0.3) is 0 Å². The third kappa shape index (κ3) is 3.76. The number of aromatic amines is 1. The van der Waals surface area contributed by atoms with Crippen molar-refractivity contribution in [1.82, 2.24) is 20.4 Å². The Morgan fingerprint density at radius 1 is 1.56 bits per heavy atom. The number of likely N-dealkylation sites (N-methyl/N-ethyl adjacent to an activating group) is 1. The van der Waals surface area contributed by atoms with Gasteiger partial charge in [0.05, 0.1) is 18.4 Å². The second kappa shape index (κ2) is 6.04. The molecule has 1 aromatic heterocycles. The summed E-state index contributed by atoms with van der Waals surface area (Å²) in [5, 5.41) is 8.92. The average Bonchev–Trinajstić information content (AvgIpc) is 2.71. The highest BCUT2D eigenvalue weighted by molar-refractivity contribution is 5.98. The van der Waals surface area contributed by atoms with Crippen LogP contribution in [0.15, 0.2) is 6.20 Å². The molecule has 0 aliphatic rings. The zero-order chi connectivity index (χ0) is 13.7. The summed E-state index contributed by atoms with van der Waals surface area (Å²) in [6.45, 7) is 4.58. The van der Waals surface area contributed by atoms with Crippen molar-refractivity contribution in [2.75, 3.05) is 25.9 Å². The molecule has 0 radical (unpaired) electrons. The van der Waals surface area contributed by atoms with Crippen molar-refractivity contribution < 1.29 is 9.59 Å². The molecule has 0 atom stereocenters. The van der Waals surface area contributed by atoms with Crippen LogP contribution in [0, 0.1) is 5.92 Å². The number of nitrogens with one attached hydrogen (secondary N) is 2. The third-order valence-corrected chi connectivity index (χ3v) is 2.32. The van der Waals surface area contributed by atoms with Crippen LogP contribution in [0.5, 0.6) is 0 Å². The van der Waals surface area contributed by atoms with Gasteiger partial charge in [-0.15, -0.1) is 0 Å². The van der Waals surface area contributed by atoms with Crippen LogP contribution < -0.4 is 11.1 Å². The molecule has 1 heterocycles. The predicted octanol–water partition coefficient (Wildman–Crippen LogP) is -0.164. The molecule has 0 bridgehead atoms. The van der Waals surface area contributed by atoms with E-state index in [9.17, 15) is 9.59 Å². The Bertz CT molecular complexity index is 427. The fourth-order valence-electron chi connectivity index (χ4n) is 1.32. The van der Waals surface area contributed by atoms with Crippen molar-refractivity contribution >= 4 is 17.5 Å². The molecule has 0 fully saturated rings. The first-order chi connectivity index (χ1) is 8.41. The van der Waals surface area contributed by atoms with E-state index in [1.165, 1.54) is 18.1 Å². The maximum absolute atomic E-state index is 11.9. The van der Waals surface area contributed by atoms with Crippen LogP contribution in [-0.4, -0.2) is 47.0 Å². The Kier molecular flexibility index (Phi) is 4.70. The minimum Gasteiger partial charge on any atom is -0.396 e. The van der Waals surface area contributed by atoms with Crippen LogP contribution >= 0.6 is 0 Å². The number of nitrogens with two attached hydrogens (primary N) is 1. The summed E-state index contributed by atoms with van der Waals surface area (Å²) in [6, 6.07) is 0. The summed E-state index contributed by atoms with van der Waals surface area (Å²) < 4.78 is 0. The van der Waals surface area contributed by atoms with Crippen molar-refractivity contribution in [2.45, 2.75) is 13.8 Å². The summed E-state index contributed by atoms with van der Waals surface area (Å²) in [6.07, 6.45) is 1.36. The Balaban J connectivity index is 2.50. The number of anilines is 1. The molecule has 0 aromatic carbocycles. The highest BCUT2D eigenvalue weighted by Crippen LogP contribution is 2.08. The van der Waals surface area contributed by atoms with Gasteiger partial charge in [0.2, 0.25) is 5.91 Å². The molecule has 0 aliphatic heterocycles. The van der Waals surface area contributed by atoms with E-state index >= 15 is 0 Å². The maximum Gasteiger partial charge on any atom is 0.274 e. The van der Waals surface area contributed by atoms with Crippen molar-refractivity contribution in [1.29, 1.82) is 0 Å². The van der Waals surface area contributed by atoms with Gasteiger partial charge in [-0.25, -0.2) is 0 Å². The van der Waals surface area contributed by atoms with E-state index in [4.69, 9.17) is 5.73 Å². The zero-order valence-corrected chi connectivity index (χ0v) is 10.9. The molecular weight excluding hydrogens is 234 g/mol. The van der Waals surface area contributed by atoms with Gasteiger partial charge in [0, 0.05) is 13.6 Å². The number of carbonyl (C=O) groups is 2. The van der Waals surface area contributed by atoms with E-state index in [0.29, 0.717) is 12.5 Å². The molecule has 18 heavy (non-hydrogen) atoms. The number of nitrogens with zero attached hydrogens (tertiary/aromatic N) is 2. The standard InChI is InChI=1S/C11H19N5O2/c1-7(2)4-13-9(17)6-16(3)11(18)10-8(12)5-14-15-10/h5,7H,4,6,12H2,1-3H3,(H,13,17)(H,14,15). The number of aromatic nitrogens is 2. The summed E-state index contributed by atoms with van der Waals surface area (Å²) in [7, 11) is 1.54. The Hall–Kier alpha value is -2.05. The smallest absolute Gasteiger partial charge is 0.274 e. The van der Waals surface area contributed by atoms with E-state index < -0.39 is 0 Å². The van der Waals surface area contributed by atoms with Crippen molar-refractivity contribution in [2.24, 2.45) is 5.92 Å². The molecule has 0 saturated heterocycles. The zero-order valence-electron chi connectivity index (χ0n) is 10.9. The first-order valence-corrected chi connectivity index (χ1v) is 5.72. The van der Waals surface area contributed by atoms with Gasteiger partial charge in [0.1, 0.15) is 5.69 Å². The first-order valence-electron chi connectivity index (χ1n) is 5.72. The summed E-state index contributed by atoms with van der Waals surface area (Å²) in [5.74, 6) is -0.180. The number of hydrogen-bond donors (Lipinski definition) is 3. The molecule has 7 nitrogen and oxygen atoms in total. The van der Waals surface area contributed by atoms with Crippen LogP contribution in [0.2, 0.25) is 0 Å². The van der Waals surface area contributed by atoms with Gasteiger partial charge in [0.25, 0.3) is 5.91 Å². The monoisotopic (exact) mass is 253 g/mol. The summed E-state index contributed by atoms with van der Waals surface area (Å²) in [5.41, 5.74) is 6.04. The van der Waals surface area contributed by atoms with Crippen LogP contribution in [0.3, 0.4) is 0 Å². The van der Waals surface area contributed by atoms with Gasteiger partial charge in [0.15, 0.2) is 0 Å². The number of amides is 2. The Morgan fingerprint density at radius 2 is 2.22 bits per heavy atom. The van der Waals surface area contributed by atoms with Crippen molar-refractivity contribution in [3.05, 3.63) is 11.9 Å². The second-order valence-corrected chi connectivity index (χ2v) is 4.56. The first kappa shape index (κ1) is 14.0. The van der Waals surface area contributed by atoms with Gasteiger partial charge in [-0.05, 0) is 5.92 Å². The van der Waals surface area contributed by atoms with Gasteiger partial charge in [-0.3, -0.25) is 14.7 Å². The molecule has 7 heteroatoms. The minimum atomic E-state index is -0.357. The Morgan fingerprint density at radius 3 is 2.72 bits per heavy atom. The van der Waals surface area contributed by atoms with Crippen LogP contribution in [0.1, 0.15) is 24.3 Å². The normalized spacial score (nSPS) is 10.4. The highest BCUT2D eigenvalue weighted by atomic mass is 16.2. The lowest BCUT2D eigenvalue weighted by Crippen LogP contribution is -2.39. The quantitative estimate of drug-likeness (QED) is 0.678. The molecule has 100 valence electrons. The molecule has 4 N–H and O–H groups in total. The molecule has 0 unspecified atom stereocenters. The fraction of sp³-hybridized carbons (Fsp3) is 0.545. The van der Waals surface area contributed by atoms with E-state index in [1.807, 2.05) is 13.8 Å². The van der Waals surface area contributed by atoms with Crippen molar-refractivity contribution in [3.63, 3.8) is 0 Å². The summed E-state index contributed by atoms with van der Waals surface area (Å²) >= 11 is 0. The molecule has 1 rings (SSSR count). The number of carbonyl (C=O) groups excluding carboxylic acids is 2. The van der Waals surface area contributed by atoms with E-state index in [0.717, 1.165) is 0 Å². The summed E-state index contributed by atoms with van der Waals surface area (Å²) in [4.78, 5) is 24.7. The SMILES string of the molecule is CC(C)CNC(=O)CN(C)C(=O)c1[nH]ncc1N. The lowest BCUT2D eigenvalue weighted by atomic mass is 10.2. The van der Waals surface area contributed by atoms with Gasteiger partial charge in [-0.1, -0.05) is 13.8 Å². The van der Waals surface area contributed by atoms with Gasteiger partial charge >= 0.3 is 0 Å². The van der Waals surface area contributed by atoms with E-state index in [-0.39, 0.29) is 29.7 Å². The van der Waals surface area contributed by atoms with Crippen LogP contribution in [0.4, 0.5) is 5.69 Å². The van der Waals surface area contributed by atoms with Crippen LogP contribution in [-0.2, 0) is 4.79 Å². The number of nitrogen functional groups attached to an aromatic ring is 1. The molecule has 2 amide bonds. The minimum absolute atomic E-state index is 0.00991. The molecule has 0 aliphatic carbocycles. The molecular formula is C11H19N5O2. The number of rotatable bonds is 5. The molecule has 0 saturated carbocycles. The second-order valence-electron chi connectivity index (χ2n) is 4.56. The third-order valence-electron chi connectivity index (χ3n) is 2.32. The number of hydrogen-bond acceptors (Lipinski definition) is 4. The largest absolute Gasteiger partial charge is 0.396 e. The van der Waals surface area contributed by atoms with E-state index in [1.54, 1.807) is 0 Å². The lowest BCUT2D eigenvalue weighted by molar-refractivity contribution is -0.121. The topological polar surface area (TPSA) is 104 Å². The molecule has 0 spiro atoms. The van der Waals surface area contributed by atoms with Crippen molar-refractivity contribution in [3.8, 4) is 0 Å². The maximum atomic E-state index is 11.9. The Labute approximate surface area is 106 Å². The predicted molar refractivity (Wildman–Crippen MR) is 67.8 cm³/mol. The number of H-pyrrole nitrogens is 1. The molecule has 1 aromatic rings. The highest BCUT2D eigenvalue weighted by Gasteiger charge is 2.18. The lowest BCUT2D eigenvalue weighted by Gasteiger charge is -2.16. The fourth-order valence-corrected chi connectivity index (χ4v) is 1.32.